The highest BCUT2D eigenvalue weighted by atomic mass is 16.5. The lowest BCUT2D eigenvalue weighted by molar-refractivity contribution is 0.0691. The van der Waals surface area contributed by atoms with Crippen molar-refractivity contribution in [2.75, 3.05) is 0 Å². The molecule has 7 heteroatoms. The van der Waals surface area contributed by atoms with Crippen LogP contribution in [-0.2, 0) is 19.9 Å². The minimum absolute atomic E-state index is 0.000417. The van der Waals surface area contributed by atoms with Gasteiger partial charge in [0.1, 0.15) is 5.56 Å². The van der Waals surface area contributed by atoms with Crippen molar-refractivity contribution in [3.05, 3.63) is 29.2 Å². The van der Waals surface area contributed by atoms with Gasteiger partial charge in [0.25, 0.3) is 5.88 Å². The van der Waals surface area contributed by atoms with Gasteiger partial charge < -0.3 is 9.84 Å². The standard InChI is InChI=1S/C13H16N4O3/c1-4-9-10(5-2)15-16-12(11(9)13(18)19)20-8-6-14-17(3)7-8/h6-7H,4-5H2,1-3H3,(H,18,19). The Morgan fingerprint density at radius 3 is 2.60 bits per heavy atom. The molecule has 106 valence electrons. The molecule has 2 heterocycles. The van der Waals surface area contributed by atoms with Crippen LogP contribution in [0.25, 0.3) is 0 Å². The third kappa shape index (κ3) is 2.61. The van der Waals surface area contributed by atoms with E-state index in [4.69, 9.17) is 4.74 Å². The number of aromatic nitrogens is 4. The zero-order valence-corrected chi connectivity index (χ0v) is 11.6. The first-order chi connectivity index (χ1) is 9.56. The molecule has 0 amide bonds. The summed E-state index contributed by atoms with van der Waals surface area (Å²) >= 11 is 0. The van der Waals surface area contributed by atoms with Crippen LogP contribution in [0.15, 0.2) is 12.4 Å². The molecule has 20 heavy (non-hydrogen) atoms. The van der Waals surface area contributed by atoms with Gasteiger partial charge in [0.15, 0.2) is 5.75 Å². The van der Waals surface area contributed by atoms with E-state index in [0.717, 1.165) is 0 Å². The Kier molecular flexibility index (Phi) is 3.97. The van der Waals surface area contributed by atoms with Gasteiger partial charge >= 0.3 is 5.97 Å². The smallest absolute Gasteiger partial charge is 0.341 e. The molecule has 7 nitrogen and oxygen atoms in total. The number of ether oxygens (including phenoxy) is 1. The van der Waals surface area contributed by atoms with Crippen LogP contribution >= 0.6 is 0 Å². The van der Waals surface area contributed by atoms with Gasteiger partial charge in [-0.05, 0) is 18.4 Å². The van der Waals surface area contributed by atoms with E-state index in [1.54, 1.807) is 17.9 Å². The van der Waals surface area contributed by atoms with Gasteiger partial charge in [0.2, 0.25) is 0 Å². The molecular weight excluding hydrogens is 260 g/mol. The Morgan fingerprint density at radius 1 is 1.35 bits per heavy atom. The lowest BCUT2D eigenvalue weighted by Crippen LogP contribution is -2.11. The number of hydrogen-bond donors (Lipinski definition) is 1. The monoisotopic (exact) mass is 276 g/mol. The summed E-state index contributed by atoms with van der Waals surface area (Å²) in [5.74, 6) is -0.638. The maximum atomic E-state index is 11.5. The lowest BCUT2D eigenvalue weighted by Gasteiger charge is -2.11. The van der Waals surface area contributed by atoms with Gasteiger partial charge in [-0.3, -0.25) is 4.68 Å². The molecule has 0 spiro atoms. The van der Waals surface area contributed by atoms with Crippen LogP contribution in [0.2, 0.25) is 0 Å². The molecule has 1 N–H and O–H groups in total. The fourth-order valence-electron chi connectivity index (χ4n) is 2.01. The van der Waals surface area contributed by atoms with E-state index in [9.17, 15) is 9.90 Å². The summed E-state index contributed by atoms with van der Waals surface area (Å²) in [6, 6.07) is 0. The average Bonchev–Trinajstić information content (AvgIpc) is 2.83. The van der Waals surface area contributed by atoms with Gasteiger partial charge in [-0.25, -0.2) is 4.79 Å². The Bertz CT molecular complexity index is 637. The maximum Gasteiger partial charge on any atom is 0.341 e. The maximum absolute atomic E-state index is 11.5. The van der Waals surface area contributed by atoms with Gasteiger partial charge in [-0.1, -0.05) is 13.8 Å². The normalized spacial score (nSPS) is 10.6. The van der Waals surface area contributed by atoms with Crippen LogP contribution in [-0.4, -0.2) is 31.1 Å². The highest BCUT2D eigenvalue weighted by Crippen LogP contribution is 2.26. The van der Waals surface area contributed by atoms with Crippen molar-refractivity contribution in [1.29, 1.82) is 0 Å². The van der Waals surface area contributed by atoms with Gasteiger partial charge in [0, 0.05) is 7.05 Å². The molecular formula is C13H16N4O3. The minimum Gasteiger partial charge on any atom is -0.477 e. The molecule has 0 aromatic carbocycles. The van der Waals surface area contributed by atoms with Crippen LogP contribution in [0, 0.1) is 0 Å². The second-order valence-corrected chi connectivity index (χ2v) is 4.27. The summed E-state index contributed by atoms with van der Waals surface area (Å²) in [5.41, 5.74) is 1.42. The Hall–Kier alpha value is -2.44. The largest absolute Gasteiger partial charge is 0.477 e. The lowest BCUT2D eigenvalue weighted by atomic mass is 10.0. The number of hydrogen-bond acceptors (Lipinski definition) is 5. The van der Waals surface area contributed by atoms with Crippen molar-refractivity contribution < 1.29 is 14.6 Å². The zero-order valence-electron chi connectivity index (χ0n) is 11.6. The molecule has 0 bridgehead atoms. The number of aryl methyl sites for hydroxylation is 2. The van der Waals surface area contributed by atoms with Crippen LogP contribution in [0.5, 0.6) is 11.6 Å². The van der Waals surface area contributed by atoms with E-state index in [1.165, 1.54) is 6.20 Å². The molecule has 0 aliphatic heterocycles. The topological polar surface area (TPSA) is 90.1 Å². The van der Waals surface area contributed by atoms with E-state index >= 15 is 0 Å². The zero-order chi connectivity index (χ0) is 14.7. The molecule has 0 saturated carbocycles. The summed E-state index contributed by atoms with van der Waals surface area (Å²) in [5, 5.41) is 21.3. The number of nitrogens with zero attached hydrogens (tertiary/aromatic N) is 4. The summed E-state index contributed by atoms with van der Waals surface area (Å²) < 4.78 is 7.06. The summed E-state index contributed by atoms with van der Waals surface area (Å²) in [6.07, 6.45) is 4.31. The highest BCUT2D eigenvalue weighted by Gasteiger charge is 2.22. The van der Waals surface area contributed by atoms with Crippen LogP contribution in [0.4, 0.5) is 0 Å². The molecule has 0 aliphatic carbocycles. The first-order valence-electron chi connectivity index (χ1n) is 6.35. The van der Waals surface area contributed by atoms with E-state index in [0.29, 0.717) is 29.8 Å². The second-order valence-electron chi connectivity index (χ2n) is 4.27. The first-order valence-corrected chi connectivity index (χ1v) is 6.35. The van der Waals surface area contributed by atoms with Crippen molar-refractivity contribution >= 4 is 5.97 Å². The predicted octanol–water partition coefficient (Wildman–Crippen LogP) is 1.83. The molecule has 0 saturated heterocycles. The quantitative estimate of drug-likeness (QED) is 0.895. The van der Waals surface area contributed by atoms with Gasteiger partial charge in [-0.15, -0.1) is 5.10 Å². The number of aromatic carboxylic acids is 1. The Balaban J connectivity index is 2.49. The molecule has 0 radical (unpaired) electrons. The van der Waals surface area contributed by atoms with Crippen LogP contribution in [0.1, 0.15) is 35.5 Å². The number of carbonyl (C=O) groups is 1. The molecule has 2 aromatic rings. The number of carboxylic acid groups (broad SMARTS) is 1. The molecule has 0 aliphatic rings. The number of rotatable bonds is 5. The van der Waals surface area contributed by atoms with E-state index in [2.05, 4.69) is 15.3 Å². The third-order valence-corrected chi connectivity index (χ3v) is 2.92. The van der Waals surface area contributed by atoms with Crippen LogP contribution < -0.4 is 4.74 Å². The van der Waals surface area contributed by atoms with Crippen molar-refractivity contribution in [2.45, 2.75) is 26.7 Å². The molecule has 2 rings (SSSR count). The third-order valence-electron chi connectivity index (χ3n) is 2.92. The Labute approximate surface area is 116 Å². The fourth-order valence-corrected chi connectivity index (χ4v) is 2.01. The summed E-state index contributed by atoms with van der Waals surface area (Å²) in [7, 11) is 1.74. The van der Waals surface area contributed by atoms with E-state index < -0.39 is 5.97 Å². The second kappa shape index (κ2) is 5.68. The van der Waals surface area contributed by atoms with Crippen molar-refractivity contribution in [3.63, 3.8) is 0 Å². The molecule has 0 atom stereocenters. The molecule has 0 unspecified atom stereocenters. The predicted molar refractivity (Wildman–Crippen MR) is 71.0 cm³/mol. The van der Waals surface area contributed by atoms with Gasteiger partial charge in [0.05, 0.1) is 18.1 Å². The van der Waals surface area contributed by atoms with Gasteiger partial charge in [-0.2, -0.15) is 10.2 Å². The number of carboxylic acids is 1. The van der Waals surface area contributed by atoms with Crippen LogP contribution in [0.3, 0.4) is 0 Å². The first kappa shape index (κ1) is 14.0. The molecule has 2 aromatic heterocycles. The summed E-state index contributed by atoms with van der Waals surface area (Å²) in [6.45, 7) is 3.80. The Morgan fingerprint density at radius 2 is 2.10 bits per heavy atom. The highest BCUT2D eigenvalue weighted by molar-refractivity contribution is 5.92. The van der Waals surface area contributed by atoms with E-state index in [-0.39, 0.29) is 11.4 Å². The summed E-state index contributed by atoms with van der Waals surface area (Å²) in [4.78, 5) is 11.5. The SMILES string of the molecule is CCc1nnc(Oc2cnn(C)c2)c(C(=O)O)c1CC. The van der Waals surface area contributed by atoms with Crippen molar-refractivity contribution in [2.24, 2.45) is 7.05 Å². The minimum atomic E-state index is -1.06. The average molecular weight is 276 g/mol. The molecule has 0 fully saturated rings. The van der Waals surface area contributed by atoms with Crippen molar-refractivity contribution in [1.82, 2.24) is 20.0 Å². The fraction of sp³-hybridized carbons (Fsp3) is 0.385. The van der Waals surface area contributed by atoms with E-state index in [1.807, 2.05) is 13.8 Å². The van der Waals surface area contributed by atoms with Crippen molar-refractivity contribution in [3.8, 4) is 11.6 Å².